The highest BCUT2D eigenvalue weighted by Gasteiger charge is 2.30. The molecule has 1 aromatic heterocycles. The summed E-state index contributed by atoms with van der Waals surface area (Å²) in [5.74, 6) is -2.26. The Hall–Kier alpha value is -3.23. The molecule has 0 bridgehead atoms. The van der Waals surface area contributed by atoms with Crippen LogP contribution >= 0.6 is 0 Å². The number of nitrogens with one attached hydrogen (secondary N) is 2. The second kappa shape index (κ2) is 7.36. The van der Waals surface area contributed by atoms with E-state index in [-0.39, 0.29) is 5.69 Å². The number of amides is 2. The van der Waals surface area contributed by atoms with Crippen LogP contribution in [0.4, 0.5) is 18.9 Å². The molecule has 24 heavy (non-hydrogen) atoms. The minimum atomic E-state index is -4.54. The maximum absolute atomic E-state index is 12.6. The smallest absolute Gasteiger partial charge is 0.318 e. The minimum Gasteiger partial charge on any atom is -0.318 e. The molecule has 0 aliphatic heterocycles. The first kappa shape index (κ1) is 17.1. The van der Waals surface area contributed by atoms with E-state index >= 15 is 0 Å². The number of nitrogens with zero attached hydrogens (tertiary/aromatic N) is 2. The van der Waals surface area contributed by atoms with Gasteiger partial charge in [0.1, 0.15) is 0 Å². The van der Waals surface area contributed by atoms with E-state index in [4.69, 9.17) is 0 Å². The Morgan fingerprint density at radius 2 is 1.92 bits per heavy atom. The van der Waals surface area contributed by atoms with Crippen molar-refractivity contribution in [3.05, 3.63) is 59.9 Å². The molecule has 0 radical (unpaired) electrons. The molecular weight excluding hydrogens is 325 g/mol. The maximum Gasteiger partial charge on any atom is 0.416 e. The molecule has 0 spiro atoms. The van der Waals surface area contributed by atoms with Gasteiger partial charge in [-0.05, 0) is 24.3 Å². The van der Waals surface area contributed by atoms with Crippen LogP contribution in [-0.2, 0) is 15.8 Å². The molecule has 0 aliphatic carbocycles. The largest absolute Gasteiger partial charge is 0.416 e. The van der Waals surface area contributed by atoms with Gasteiger partial charge in [-0.15, -0.1) is 0 Å². The summed E-state index contributed by atoms with van der Waals surface area (Å²) in [4.78, 5) is 27.0. The van der Waals surface area contributed by atoms with Crippen LogP contribution in [0, 0.1) is 0 Å². The SMILES string of the molecule is O=C(N/N=C\c1cccnc1)C(=O)Nc1cccc(C(F)(F)F)c1. The van der Waals surface area contributed by atoms with Crippen molar-refractivity contribution in [2.24, 2.45) is 5.10 Å². The van der Waals surface area contributed by atoms with Crippen LogP contribution in [0.5, 0.6) is 0 Å². The molecule has 0 fully saturated rings. The van der Waals surface area contributed by atoms with E-state index in [9.17, 15) is 22.8 Å². The first-order valence-electron chi connectivity index (χ1n) is 6.58. The fourth-order valence-corrected chi connectivity index (χ4v) is 1.63. The zero-order valence-corrected chi connectivity index (χ0v) is 12.0. The molecule has 2 amide bonds. The lowest BCUT2D eigenvalue weighted by molar-refractivity contribution is -0.137. The summed E-state index contributed by atoms with van der Waals surface area (Å²) in [6.45, 7) is 0. The van der Waals surface area contributed by atoms with E-state index in [0.717, 1.165) is 18.2 Å². The quantitative estimate of drug-likeness (QED) is 0.512. The van der Waals surface area contributed by atoms with Gasteiger partial charge in [0.2, 0.25) is 0 Å². The average molecular weight is 336 g/mol. The number of hydrogen-bond acceptors (Lipinski definition) is 4. The van der Waals surface area contributed by atoms with Crippen molar-refractivity contribution in [1.82, 2.24) is 10.4 Å². The van der Waals surface area contributed by atoms with Crippen molar-refractivity contribution in [2.75, 3.05) is 5.32 Å². The van der Waals surface area contributed by atoms with Gasteiger partial charge >= 0.3 is 18.0 Å². The predicted octanol–water partition coefficient (Wildman–Crippen LogP) is 2.19. The molecule has 1 aromatic carbocycles. The van der Waals surface area contributed by atoms with Gasteiger partial charge in [-0.2, -0.15) is 18.3 Å². The van der Waals surface area contributed by atoms with Crippen molar-refractivity contribution in [3.63, 3.8) is 0 Å². The Balaban J connectivity index is 1.95. The highest BCUT2D eigenvalue weighted by atomic mass is 19.4. The number of halogens is 3. The Morgan fingerprint density at radius 3 is 2.58 bits per heavy atom. The van der Waals surface area contributed by atoms with Gasteiger partial charge in [-0.1, -0.05) is 12.1 Å². The summed E-state index contributed by atoms with van der Waals surface area (Å²) in [5.41, 5.74) is 1.47. The van der Waals surface area contributed by atoms with E-state index in [1.807, 2.05) is 5.43 Å². The molecule has 2 rings (SSSR count). The van der Waals surface area contributed by atoms with Crippen LogP contribution in [0.15, 0.2) is 53.9 Å². The normalized spacial score (nSPS) is 11.3. The van der Waals surface area contributed by atoms with Crippen molar-refractivity contribution in [3.8, 4) is 0 Å². The van der Waals surface area contributed by atoms with Crippen LogP contribution in [0.1, 0.15) is 11.1 Å². The lowest BCUT2D eigenvalue weighted by atomic mass is 10.2. The molecule has 0 unspecified atom stereocenters. The third kappa shape index (κ3) is 4.90. The highest BCUT2D eigenvalue weighted by molar-refractivity contribution is 6.39. The molecule has 0 saturated carbocycles. The number of aromatic nitrogens is 1. The van der Waals surface area contributed by atoms with Crippen molar-refractivity contribution >= 4 is 23.7 Å². The van der Waals surface area contributed by atoms with Crippen LogP contribution in [-0.4, -0.2) is 23.0 Å². The highest BCUT2D eigenvalue weighted by Crippen LogP contribution is 2.30. The fraction of sp³-hybridized carbons (Fsp3) is 0.0667. The number of alkyl halides is 3. The van der Waals surface area contributed by atoms with Gasteiger partial charge in [0.25, 0.3) is 0 Å². The zero-order chi connectivity index (χ0) is 17.6. The Labute approximate surface area is 134 Å². The summed E-state index contributed by atoms with van der Waals surface area (Å²) >= 11 is 0. The summed E-state index contributed by atoms with van der Waals surface area (Å²) < 4.78 is 37.7. The van der Waals surface area contributed by atoms with Gasteiger partial charge in [-0.3, -0.25) is 14.6 Å². The molecule has 1 heterocycles. The predicted molar refractivity (Wildman–Crippen MR) is 80.0 cm³/mol. The number of rotatable bonds is 3. The minimum absolute atomic E-state index is 0.152. The van der Waals surface area contributed by atoms with Crippen molar-refractivity contribution < 1.29 is 22.8 Å². The standard InChI is InChI=1S/C15H11F3N4O2/c16-15(17,18)11-4-1-5-12(7-11)21-13(23)14(24)22-20-9-10-3-2-6-19-8-10/h1-9H,(H,21,23)(H,22,24)/b20-9-. The average Bonchev–Trinajstić information content (AvgIpc) is 2.55. The zero-order valence-electron chi connectivity index (χ0n) is 12.0. The Morgan fingerprint density at radius 1 is 1.12 bits per heavy atom. The van der Waals surface area contributed by atoms with E-state index in [2.05, 4.69) is 15.4 Å². The van der Waals surface area contributed by atoms with Gasteiger partial charge in [0.05, 0.1) is 11.8 Å². The van der Waals surface area contributed by atoms with Gasteiger partial charge in [0, 0.05) is 23.6 Å². The number of carbonyl (C=O) groups excluding carboxylic acids is 2. The molecule has 2 N–H and O–H groups in total. The summed E-state index contributed by atoms with van der Waals surface area (Å²) in [5, 5.41) is 5.62. The molecular formula is C15H11F3N4O2. The van der Waals surface area contributed by atoms with E-state index in [1.165, 1.54) is 18.5 Å². The lowest BCUT2D eigenvalue weighted by Gasteiger charge is -2.09. The van der Waals surface area contributed by atoms with Gasteiger partial charge in [-0.25, -0.2) is 5.43 Å². The summed E-state index contributed by atoms with van der Waals surface area (Å²) in [6.07, 6.45) is -0.240. The second-order valence-electron chi connectivity index (χ2n) is 4.52. The van der Waals surface area contributed by atoms with Crippen LogP contribution in [0.2, 0.25) is 0 Å². The van der Waals surface area contributed by atoms with E-state index < -0.39 is 23.6 Å². The number of pyridine rings is 1. The monoisotopic (exact) mass is 336 g/mol. The second-order valence-corrected chi connectivity index (χ2v) is 4.52. The fourth-order valence-electron chi connectivity index (χ4n) is 1.63. The van der Waals surface area contributed by atoms with E-state index in [0.29, 0.717) is 5.56 Å². The van der Waals surface area contributed by atoms with Gasteiger partial charge in [0.15, 0.2) is 0 Å². The third-order valence-corrected chi connectivity index (χ3v) is 2.72. The van der Waals surface area contributed by atoms with Crippen LogP contribution in [0.3, 0.4) is 0 Å². The first-order chi connectivity index (χ1) is 11.4. The molecule has 124 valence electrons. The van der Waals surface area contributed by atoms with E-state index in [1.54, 1.807) is 18.3 Å². The number of carbonyl (C=O) groups is 2. The number of hydrazone groups is 1. The summed E-state index contributed by atoms with van der Waals surface area (Å²) in [6, 6.07) is 7.27. The molecule has 0 saturated heterocycles. The Bertz CT molecular complexity index is 761. The molecule has 9 heteroatoms. The summed E-state index contributed by atoms with van der Waals surface area (Å²) in [7, 11) is 0. The number of benzene rings is 1. The third-order valence-electron chi connectivity index (χ3n) is 2.72. The maximum atomic E-state index is 12.6. The lowest BCUT2D eigenvalue weighted by Crippen LogP contribution is -2.32. The molecule has 0 aliphatic rings. The Kier molecular flexibility index (Phi) is 5.25. The number of hydrogen-bond donors (Lipinski definition) is 2. The van der Waals surface area contributed by atoms with Gasteiger partial charge < -0.3 is 5.32 Å². The first-order valence-corrected chi connectivity index (χ1v) is 6.58. The number of anilines is 1. The molecule has 6 nitrogen and oxygen atoms in total. The van der Waals surface area contributed by atoms with Crippen LogP contribution < -0.4 is 10.7 Å². The molecule has 2 aromatic rings. The molecule has 0 atom stereocenters. The van der Waals surface area contributed by atoms with Crippen molar-refractivity contribution in [2.45, 2.75) is 6.18 Å². The topological polar surface area (TPSA) is 83.5 Å². The van der Waals surface area contributed by atoms with Crippen molar-refractivity contribution in [1.29, 1.82) is 0 Å². The van der Waals surface area contributed by atoms with Crippen LogP contribution in [0.25, 0.3) is 0 Å².